The molecule has 0 heterocycles. The number of carbonyl (C=O) groups excluding carboxylic acids is 1. The summed E-state index contributed by atoms with van der Waals surface area (Å²) in [5.74, 6) is -0.187. The minimum atomic E-state index is -0.334. The molecule has 0 atom stereocenters. The summed E-state index contributed by atoms with van der Waals surface area (Å²) in [4.78, 5) is 11.7. The molecule has 0 aromatic heterocycles. The number of hydrogen-bond acceptors (Lipinski definition) is 3. The standard InChI is InChI=1S/C15H15FN2O2/c1-10-8-11(6-7-12(10)16)18-15(19)9-20-14-5-3-2-4-13(14)17/h2-8H,9,17H2,1H3,(H,18,19). The van der Waals surface area contributed by atoms with Crippen molar-refractivity contribution in [1.82, 2.24) is 0 Å². The molecule has 1 amide bonds. The molecular formula is C15H15FN2O2. The van der Waals surface area contributed by atoms with Crippen LogP contribution in [0.3, 0.4) is 0 Å². The summed E-state index contributed by atoms with van der Waals surface area (Å²) in [5, 5.41) is 2.63. The van der Waals surface area contributed by atoms with Crippen LogP contribution < -0.4 is 15.8 Å². The lowest BCUT2D eigenvalue weighted by molar-refractivity contribution is -0.118. The zero-order valence-electron chi connectivity index (χ0n) is 11.0. The van der Waals surface area contributed by atoms with Crippen molar-refractivity contribution < 1.29 is 13.9 Å². The Kier molecular flexibility index (Phi) is 4.20. The number of carbonyl (C=O) groups is 1. The summed E-state index contributed by atoms with van der Waals surface area (Å²) in [6.45, 7) is 1.47. The smallest absolute Gasteiger partial charge is 0.262 e. The van der Waals surface area contributed by atoms with Gasteiger partial charge in [0.25, 0.3) is 5.91 Å². The summed E-state index contributed by atoms with van der Waals surface area (Å²) in [6, 6.07) is 11.3. The first-order chi connectivity index (χ1) is 9.56. The van der Waals surface area contributed by atoms with Crippen molar-refractivity contribution in [2.45, 2.75) is 6.92 Å². The van der Waals surface area contributed by atoms with Crippen LogP contribution in [0.1, 0.15) is 5.56 Å². The van der Waals surface area contributed by atoms with Crippen LogP contribution in [-0.4, -0.2) is 12.5 Å². The maximum atomic E-state index is 13.1. The molecule has 0 radical (unpaired) electrons. The van der Waals surface area contributed by atoms with E-state index in [0.29, 0.717) is 22.7 Å². The van der Waals surface area contributed by atoms with E-state index in [1.807, 2.05) is 0 Å². The molecule has 5 heteroatoms. The number of anilines is 2. The lowest BCUT2D eigenvalue weighted by Gasteiger charge is -2.09. The number of halogens is 1. The molecule has 20 heavy (non-hydrogen) atoms. The fraction of sp³-hybridized carbons (Fsp3) is 0.133. The molecule has 0 fully saturated rings. The predicted molar refractivity (Wildman–Crippen MR) is 76.1 cm³/mol. The number of rotatable bonds is 4. The highest BCUT2D eigenvalue weighted by Gasteiger charge is 2.06. The molecule has 0 aliphatic rings. The molecule has 0 aliphatic carbocycles. The van der Waals surface area contributed by atoms with Crippen LogP contribution >= 0.6 is 0 Å². The van der Waals surface area contributed by atoms with Gasteiger partial charge in [-0.25, -0.2) is 4.39 Å². The molecule has 2 aromatic rings. The van der Waals surface area contributed by atoms with E-state index in [1.54, 1.807) is 37.3 Å². The van der Waals surface area contributed by atoms with Crippen molar-refractivity contribution in [1.29, 1.82) is 0 Å². The summed E-state index contributed by atoms with van der Waals surface area (Å²) in [7, 11) is 0. The zero-order chi connectivity index (χ0) is 14.5. The molecule has 3 N–H and O–H groups in total. The monoisotopic (exact) mass is 274 g/mol. The molecule has 0 bridgehead atoms. The van der Waals surface area contributed by atoms with Gasteiger partial charge in [0.1, 0.15) is 11.6 Å². The average molecular weight is 274 g/mol. The molecule has 2 rings (SSSR count). The topological polar surface area (TPSA) is 64.3 Å². The van der Waals surface area contributed by atoms with Gasteiger partial charge >= 0.3 is 0 Å². The van der Waals surface area contributed by atoms with Crippen molar-refractivity contribution in [3.63, 3.8) is 0 Å². The Morgan fingerprint density at radius 2 is 2.05 bits per heavy atom. The highest BCUT2D eigenvalue weighted by molar-refractivity contribution is 5.92. The van der Waals surface area contributed by atoms with Crippen molar-refractivity contribution in [3.8, 4) is 5.75 Å². The number of aryl methyl sites for hydroxylation is 1. The Hall–Kier alpha value is -2.56. The fourth-order valence-corrected chi connectivity index (χ4v) is 1.67. The molecule has 0 unspecified atom stereocenters. The first kappa shape index (κ1) is 13.9. The van der Waals surface area contributed by atoms with Gasteiger partial charge in [0.2, 0.25) is 0 Å². The summed E-state index contributed by atoms with van der Waals surface area (Å²) >= 11 is 0. The zero-order valence-corrected chi connectivity index (χ0v) is 11.0. The first-order valence-corrected chi connectivity index (χ1v) is 6.09. The van der Waals surface area contributed by atoms with Gasteiger partial charge in [0, 0.05) is 5.69 Å². The summed E-state index contributed by atoms with van der Waals surface area (Å²) in [6.07, 6.45) is 0. The molecule has 0 saturated carbocycles. The van der Waals surface area contributed by atoms with Gasteiger partial charge in [-0.1, -0.05) is 12.1 Å². The highest BCUT2D eigenvalue weighted by atomic mass is 19.1. The number of para-hydroxylation sites is 2. The minimum Gasteiger partial charge on any atom is -0.482 e. The minimum absolute atomic E-state index is 0.162. The maximum Gasteiger partial charge on any atom is 0.262 e. The Balaban J connectivity index is 1.93. The second-order valence-corrected chi connectivity index (χ2v) is 4.34. The number of benzene rings is 2. The molecule has 4 nitrogen and oxygen atoms in total. The van der Waals surface area contributed by atoms with Gasteiger partial charge in [-0.05, 0) is 42.8 Å². The SMILES string of the molecule is Cc1cc(NC(=O)COc2ccccc2N)ccc1F. The van der Waals surface area contributed by atoms with Crippen LogP contribution in [0.4, 0.5) is 15.8 Å². The largest absolute Gasteiger partial charge is 0.482 e. The number of nitrogens with two attached hydrogens (primary N) is 1. The van der Waals surface area contributed by atoms with Crippen molar-refractivity contribution >= 4 is 17.3 Å². The Morgan fingerprint density at radius 1 is 1.30 bits per heavy atom. The highest BCUT2D eigenvalue weighted by Crippen LogP contribution is 2.19. The van der Waals surface area contributed by atoms with Gasteiger partial charge < -0.3 is 15.8 Å². The van der Waals surface area contributed by atoms with E-state index in [4.69, 9.17) is 10.5 Å². The van der Waals surface area contributed by atoms with Crippen LogP contribution in [-0.2, 0) is 4.79 Å². The number of ether oxygens (including phenoxy) is 1. The van der Waals surface area contributed by atoms with Gasteiger partial charge in [0.05, 0.1) is 5.69 Å². The van der Waals surface area contributed by atoms with Gasteiger partial charge in [-0.15, -0.1) is 0 Å². The molecule has 0 aliphatic heterocycles. The van der Waals surface area contributed by atoms with Crippen molar-refractivity contribution in [3.05, 3.63) is 53.8 Å². The van der Waals surface area contributed by atoms with E-state index in [1.165, 1.54) is 12.1 Å². The lowest BCUT2D eigenvalue weighted by atomic mass is 10.2. The van der Waals surface area contributed by atoms with Crippen molar-refractivity contribution in [2.75, 3.05) is 17.7 Å². The molecule has 0 saturated heterocycles. The quantitative estimate of drug-likeness (QED) is 0.842. The maximum absolute atomic E-state index is 13.1. The third-order valence-electron chi connectivity index (χ3n) is 2.72. The lowest BCUT2D eigenvalue weighted by Crippen LogP contribution is -2.20. The molecule has 0 spiro atoms. The Labute approximate surface area is 116 Å². The van der Waals surface area contributed by atoms with Gasteiger partial charge in [-0.3, -0.25) is 4.79 Å². The summed E-state index contributed by atoms with van der Waals surface area (Å²) < 4.78 is 18.4. The second kappa shape index (κ2) is 6.06. The Morgan fingerprint density at radius 3 is 2.75 bits per heavy atom. The first-order valence-electron chi connectivity index (χ1n) is 6.09. The second-order valence-electron chi connectivity index (χ2n) is 4.34. The molecule has 2 aromatic carbocycles. The van der Waals surface area contributed by atoms with E-state index >= 15 is 0 Å². The molecular weight excluding hydrogens is 259 g/mol. The van der Waals surface area contributed by atoms with E-state index in [0.717, 1.165) is 0 Å². The van der Waals surface area contributed by atoms with E-state index < -0.39 is 0 Å². The van der Waals surface area contributed by atoms with Crippen LogP contribution in [0.25, 0.3) is 0 Å². The van der Waals surface area contributed by atoms with Crippen LogP contribution in [0.5, 0.6) is 5.75 Å². The van der Waals surface area contributed by atoms with E-state index in [2.05, 4.69) is 5.32 Å². The van der Waals surface area contributed by atoms with Crippen molar-refractivity contribution in [2.24, 2.45) is 0 Å². The number of nitrogen functional groups attached to an aromatic ring is 1. The van der Waals surface area contributed by atoms with Gasteiger partial charge in [0.15, 0.2) is 6.61 Å². The van der Waals surface area contributed by atoms with E-state index in [9.17, 15) is 9.18 Å². The number of amides is 1. The van der Waals surface area contributed by atoms with E-state index in [-0.39, 0.29) is 18.3 Å². The summed E-state index contributed by atoms with van der Waals surface area (Å²) in [5.41, 5.74) is 7.16. The average Bonchev–Trinajstić information content (AvgIpc) is 2.42. The number of hydrogen-bond donors (Lipinski definition) is 2. The predicted octanol–water partition coefficient (Wildman–Crippen LogP) is 2.73. The third-order valence-corrected chi connectivity index (χ3v) is 2.72. The fourth-order valence-electron chi connectivity index (χ4n) is 1.67. The normalized spacial score (nSPS) is 10.1. The Bertz CT molecular complexity index is 629. The number of nitrogens with one attached hydrogen (secondary N) is 1. The third kappa shape index (κ3) is 3.47. The van der Waals surface area contributed by atoms with Crippen LogP contribution in [0, 0.1) is 12.7 Å². The van der Waals surface area contributed by atoms with Crippen LogP contribution in [0.2, 0.25) is 0 Å². The molecule has 104 valence electrons. The van der Waals surface area contributed by atoms with Crippen LogP contribution in [0.15, 0.2) is 42.5 Å². The van der Waals surface area contributed by atoms with Gasteiger partial charge in [-0.2, -0.15) is 0 Å².